The molecule has 7 heteroatoms. The van der Waals surface area contributed by atoms with Gasteiger partial charge in [-0.15, -0.1) is 5.10 Å². The van der Waals surface area contributed by atoms with Gasteiger partial charge in [-0.3, -0.25) is 4.79 Å². The molecule has 0 fully saturated rings. The van der Waals surface area contributed by atoms with Crippen molar-refractivity contribution in [3.63, 3.8) is 0 Å². The molecule has 0 aliphatic rings. The maximum Gasteiger partial charge on any atom is 0.255 e. The topological polar surface area (TPSA) is 78.8 Å². The van der Waals surface area contributed by atoms with Crippen LogP contribution in [0.15, 0.2) is 35.1 Å². The molecule has 1 aromatic carbocycles. The average Bonchev–Trinajstić information content (AvgIpc) is 2.99. The fraction of sp³-hybridized carbons (Fsp3) is 0.267. The van der Waals surface area contributed by atoms with Crippen LogP contribution >= 0.6 is 0 Å². The summed E-state index contributed by atoms with van der Waals surface area (Å²) < 4.78 is 1.66. The number of nitrogens with one attached hydrogen (secondary N) is 2. The highest BCUT2D eigenvalue weighted by Crippen LogP contribution is 2.13. The zero-order valence-electron chi connectivity index (χ0n) is 12.8. The third kappa shape index (κ3) is 2.52. The van der Waals surface area contributed by atoms with Crippen LogP contribution in [0.3, 0.4) is 0 Å². The Morgan fingerprint density at radius 1 is 1.32 bits per heavy atom. The fourth-order valence-electron chi connectivity index (χ4n) is 2.33. The third-order valence-corrected chi connectivity index (χ3v) is 3.53. The zero-order valence-corrected chi connectivity index (χ0v) is 12.8. The number of aromatic amines is 1. The molecule has 2 aromatic heterocycles. The summed E-state index contributed by atoms with van der Waals surface area (Å²) in [5.41, 5.74) is 1.59. The molecular formula is C15H18N6O. The summed E-state index contributed by atoms with van der Waals surface area (Å²) in [6.45, 7) is 0.388. The van der Waals surface area contributed by atoms with Crippen molar-refractivity contribution in [1.29, 1.82) is 0 Å². The maximum absolute atomic E-state index is 12.4. The SMILES string of the molecule is CN(C)c1n[nH]c(NCc2cc3ccccc3n(C)c2=O)n1. The van der Waals surface area contributed by atoms with Gasteiger partial charge in [-0.25, -0.2) is 5.10 Å². The standard InChI is InChI=1S/C15H18N6O/c1-20(2)15-17-14(18-19-15)16-9-11-8-10-6-4-5-7-12(10)21(3)13(11)22/h4-8H,9H2,1-3H3,(H2,16,17,18,19). The number of hydrogen-bond acceptors (Lipinski definition) is 5. The Hall–Kier alpha value is -2.83. The van der Waals surface area contributed by atoms with Crippen molar-refractivity contribution in [1.82, 2.24) is 19.7 Å². The van der Waals surface area contributed by atoms with Crippen LogP contribution in [-0.4, -0.2) is 33.8 Å². The second-order valence-corrected chi connectivity index (χ2v) is 5.32. The lowest BCUT2D eigenvalue weighted by atomic mass is 10.1. The van der Waals surface area contributed by atoms with Crippen molar-refractivity contribution in [2.24, 2.45) is 7.05 Å². The van der Waals surface area contributed by atoms with Gasteiger partial charge >= 0.3 is 0 Å². The summed E-state index contributed by atoms with van der Waals surface area (Å²) in [7, 11) is 5.52. The first-order valence-electron chi connectivity index (χ1n) is 6.97. The summed E-state index contributed by atoms with van der Waals surface area (Å²) in [4.78, 5) is 18.5. The predicted molar refractivity (Wildman–Crippen MR) is 87.2 cm³/mol. The summed E-state index contributed by atoms with van der Waals surface area (Å²) >= 11 is 0. The van der Waals surface area contributed by atoms with Gasteiger partial charge in [0, 0.05) is 33.3 Å². The van der Waals surface area contributed by atoms with Gasteiger partial charge in [-0.2, -0.15) is 4.98 Å². The van der Waals surface area contributed by atoms with Gasteiger partial charge in [0.25, 0.3) is 5.56 Å². The van der Waals surface area contributed by atoms with E-state index < -0.39 is 0 Å². The fourth-order valence-corrected chi connectivity index (χ4v) is 2.33. The van der Waals surface area contributed by atoms with Crippen molar-refractivity contribution in [3.05, 3.63) is 46.2 Å². The first-order chi connectivity index (χ1) is 10.6. The van der Waals surface area contributed by atoms with Gasteiger partial charge in [-0.05, 0) is 17.5 Å². The number of H-pyrrole nitrogens is 1. The van der Waals surface area contributed by atoms with E-state index in [0.29, 0.717) is 24.0 Å². The molecule has 0 unspecified atom stereocenters. The van der Waals surface area contributed by atoms with Crippen LogP contribution in [0.1, 0.15) is 5.56 Å². The lowest BCUT2D eigenvalue weighted by molar-refractivity contribution is 0.876. The van der Waals surface area contributed by atoms with Crippen molar-refractivity contribution in [2.75, 3.05) is 24.3 Å². The number of aromatic nitrogens is 4. The largest absolute Gasteiger partial charge is 0.350 e. The summed E-state index contributed by atoms with van der Waals surface area (Å²) in [6.07, 6.45) is 0. The molecule has 0 spiro atoms. The van der Waals surface area contributed by atoms with Crippen LogP contribution in [-0.2, 0) is 13.6 Å². The van der Waals surface area contributed by atoms with Crippen LogP contribution < -0.4 is 15.8 Å². The van der Waals surface area contributed by atoms with Gasteiger partial charge in [0.1, 0.15) is 0 Å². The van der Waals surface area contributed by atoms with Crippen LogP contribution in [0, 0.1) is 0 Å². The molecule has 0 radical (unpaired) electrons. The van der Waals surface area contributed by atoms with Gasteiger partial charge in [-0.1, -0.05) is 18.2 Å². The van der Waals surface area contributed by atoms with E-state index in [1.165, 1.54) is 0 Å². The highest BCUT2D eigenvalue weighted by Gasteiger charge is 2.08. The number of aryl methyl sites for hydroxylation is 1. The zero-order chi connectivity index (χ0) is 15.7. The maximum atomic E-state index is 12.4. The van der Waals surface area contributed by atoms with Crippen LogP contribution in [0.4, 0.5) is 11.9 Å². The number of benzene rings is 1. The molecule has 0 saturated heterocycles. The van der Waals surface area contributed by atoms with Gasteiger partial charge in [0.15, 0.2) is 0 Å². The first kappa shape index (κ1) is 14.1. The molecule has 22 heavy (non-hydrogen) atoms. The second-order valence-electron chi connectivity index (χ2n) is 5.32. The summed E-state index contributed by atoms with van der Waals surface area (Å²) in [5, 5.41) is 11.0. The van der Waals surface area contributed by atoms with Crippen molar-refractivity contribution >= 4 is 22.8 Å². The minimum atomic E-state index is -0.0152. The molecule has 2 heterocycles. The molecule has 3 rings (SSSR count). The quantitative estimate of drug-likeness (QED) is 0.760. The van der Waals surface area contributed by atoms with Gasteiger partial charge in [0.2, 0.25) is 11.9 Å². The number of nitrogens with zero attached hydrogens (tertiary/aromatic N) is 4. The number of rotatable bonds is 4. The first-order valence-corrected chi connectivity index (χ1v) is 6.97. The van der Waals surface area contributed by atoms with Crippen LogP contribution in [0.2, 0.25) is 0 Å². The minimum absolute atomic E-state index is 0.0152. The molecule has 0 atom stereocenters. The molecule has 0 amide bonds. The molecular weight excluding hydrogens is 280 g/mol. The molecule has 0 saturated carbocycles. The third-order valence-electron chi connectivity index (χ3n) is 3.53. The molecule has 0 aliphatic carbocycles. The van der Waals surface area contributed by atoms with E-state index in [1.807, 2.05) is 44.4 Å². The number of para-hydroxylation sites is 1. The lowest BCUT2D eigenvalue weighted by Gasteiger charge is -2.09. The number of pyridine rings is 1. The van der Waals surface area contributed by atoms with Crippen molar-refractivity contribution in [2.45, 2.75) is 6.54 Å². The highest BCUT2D eigenvalue weighted by atomic mass is 16.1. The lowest BCUT2D eigenvalue weighted by Crippen LogP contribution is -2.23. The Kier molecular flexibility index (Phi) is 3.54. The highest BCUT2D eigenvalue weighted by molar-refractivity contribution is 5.79. The molecule has 0 aliphatic heterocycles. The van der Waals surface area contributed by atoms with E-state index >= 15 is 0 Å². The molecule has 0 bridgehead atoms. The van der Waals surface area contributed by atoms with E-state index in [4.69, 9.17) is 0 Å². The van der Waals surface area contributed by atoms with Crippen molar-refractivity contribution in [3.8, 4) is 0 Å². The summed E-state index contributed by atoms with van der Waals surface area (Å²) in [6, 6.07) is 9.74. The average molecular weight is 298 g/mol. The normalized spacial score (nSPS) is 10.9. The van der Waals surface area contributed by atoms with E-state index in [1.54, 1.807) is 16.5 Å². The van der Waals surface area contributed by atoms with Crippen LogP contribution in [0.5, 0.6) is 0 Å². The van der Waals surface area contributed by atoms with Crippen LogP contribution in [0.25, 0.3) is 10.9 Å². The van der Waals surface area contributed by atoms with Crippen molar-refractivity contribution < 1.29 is 0 Å². The number of anilines is 2. The Labute approximate surface area is 127 Å². The molecule has 114 valence electrons. The predicted octanol–water partition coefficient (Wildman–Crippen LogP) is 1.33. The van der Waals surface area contributed by atoms with Gasteiger partial charge < -0.3 is 14.8 Å². The Balaban J connectivity index is 1.87. The number of fused-ring (bicyclic) bond motifs is 1. The summed E-state index contributed by atoms with van der Waals surface area (Å²) in [5.74, 6) is 1.13. The van der Waals surface area contributed by atoms with E-state index in [9.17, 15) is 4.79 Å². The molecule has 3 aromatic rings. The van der Waals surface area contributed by atoms with E-state index in [0.717, 1.165) is 10.9 Å². The molecule has 2 N–H and O–H groups in total. The Morgan fingerprint density at radius 2 is 2.09 bits per heavy atom. The monoisotopic (exact) mass is 298 g/mol. The Morgan fingerprint density at radius 3 is 2.82 bits per heavy atom. The second kappa shape index (κ2) is 5.51. The minimum Gasteiger partial charge on any atom is -0.350 e. The Bertz CT molecular complexity index is 864. The van der Waals surface area contributed by atoms with E-state index in [2.05, 4.69) is 20.5 Å². The molecule has 7 nitrogen and oxygen atoms in total. The smallest absolute Gasteiger partial charge is 0.255 e. The van der Waals surface area contributed by atoms with Gasteiger partial charge in [0.05, 0.1) is 5.52 Å². The number of hydrogen-bond donors (Lipinski definition) is 2. The van der Waals surface area contributed by atoms with E-state index in [-0.39, 0.29) is 5.56 Å².